The number of methoxy groups -OCH3 is 1. The van der Waals surface area contributed by atoms with Gasteiger partial charge in [0, 0.05) is 18.0 Å². The van der Waals surface area contributed by atoms with E-state index >= 15 is 0 Å². The van der Waals surface area contributed by atoms with Crippen LogP contribution in [0.3, 0.4) is 0 Å². The second-order valence-corrected chi connectivity index (χ2v) is 9.40. The van der Waals surface area contributed by atoms with Gasteiger partial charge in [0.1, 0.15) is 29.4 Å². The molecule has 0 aromatic carbocycles. The minimum Gasteiger partial charge on any atom is -0.480 e. The largest absolute Gasteiger partial charge is 0.480 e. The molecular formula is C23H27N9O4. The summed E-state index contributed by atoms with van der Waals surface area (Å²) in [6.07, 6.45) is 5.52. The third kappa shape index (κ3) is 6.15. The van der Waals surface area contributed by atoms with Gasteiger partial charge in [-0.2, -0.15) is 10.4 Å². The predicted octanol–water partition coefficient (Wildman–Crippen LogP) is 2.96. The van der Waals surface area contributed by atoms with Crippen molar-refractivity contribution in [2.75, 3.05) is 25.6 Å². The van der Waals surface area contributed by atoms with Gasteiger partial charge in [-0.3, -0.25) is 5.10 Å². The minimum absolute atomic E-state index is 0.193. The molecule has 13 nitrogen and oxygen atoms in total. The van der Waals surface area contributed by atoms with Crippen molar-refractivity contribution < 1.29 is 19.0 Å². The number of nitriles is 1. The molecule has 0 unspecified atom stereocenters. The molecule has 0 saturated heterocycles. The summed E-state index contributed by atoms with van der Waals surface area (Å²) in [7, 11) is 1.50. The number of hydrogen-bond acceptors (Lipinski definition) is 11. The quantitative estimate of drug-likeness (QED) is 0.400. The van der Waals surface area contributed by atoms with Gasteiger partial charge in [-0.15, -0.1) is 0 Å². The first-order valence-electron chi connectivity index (χ1n) is 11.2. The summed E-state index contributed by atoms with van der Waals surface area (Å²) in [5, 5.41) is 21.9. The number of aromatic nitrogens is 6. The topological polar surface area (TPSA) is 173 Å². The Morgan fingerprint density at radius 2 is 1.94 bits per heavy atom. The molecule has 1 amide bonds. The lowest BCUT2D eigenvalue weighted by Gasteiger charge is -2.22. The normalized spacial score (nSPS) is 13.9. The molecule has 0 atom stereocenters. The van der Waals surface area contributed by atoms with Crippen LogP contribution in [0.15, 0.2) is 24.8 Å². The molecule has 0 spiro atoms. The van der Waals surface area contributed by atoms with E-state index < -0.39 is 11.7 Å². The Bertz CT molecular complexity index is 1260. The zero-order valence-electron chi connectivity index (χ0n) is 20.5. The van der Waals surface area contributed by atoms with E-state index in [0.717, 1.165) is 12.8 Å². The molecule has 0 bridgehead atoms. The third-order valence-corrected chi connectivity index (χ3v) is 5.32. The first-order valence-corrected chi connectivity index (χ1v) is 11.2. The van der Waals surface area contributed by atoms with Gasteiger partial charge < -0.3 is 24.8 Å². The van der Waals surface area contributed by atoms with E-state index in [1.54, 1.807) is 6.07 Å². The molecule has 1 aliphatic rings. The standard InChI is InChI=1S/C23H27N9O4/c1-22(2,3)36-21(33)27-11-23(5-6-23)12-35-20-18(19(34-4)28-13-29-20)15-7-16(32-31-15)30-17-10-25-14(8-24)9-26-17/h7,9-10,13H,5-6,11-12H2,1-4H3,(H,27,33)(H2,26,30,31,32). The van der Waals surface area contributed by atoms with Gasteiger partial charge in [-0.1, -0.05) is 0 Å². The summed E-state index contributed by atoms with van der Waals surface area (Å²) in [6.45, 7) is 6.24. The molecular weight excluding hydrogens is 466 g/mol. The molecule has 13 heteroatoms. The average molecular weight is 494 g/mol. The summed E-state index contributed by atoms with van der Waals surface area (Å²) >= 11 is 0. The van der Waals surface area contributed by atoms with E-state index in [0.29, 0.717) is 47.8 Å². The summed E-state index contributed by atoms with van der Waals surface area (Å²) in [5.74, 6) is 1.51. The molecule has 0 radical (unpaired) electrons. The van der Waals surface area contributed by atoms with Gasteiger partial charge in [-0.25, -0.2) is 24.7 Å². The van der Waals surface area contributed by atoms with Crippen molar-refractivity contribution in [3.05, 3.63) is 30.5 Å². The molecule has 3 aromatic rings. The maximum atomic E-state index is 12.0. The van der Waals surface area contributed by atoms with Crippen LogP contribution in [0.25, 0.3) is 11.3 Å². The summed E-state index contributed by atoms with van der Waals surface area (Å²) in [5.41, 5.74) is 0.520. The zero-order chi connectivity index (χ0) is 25.8. The number of nitrogens with zero attached hydrogens (tertiary/aromatic N) is 6. The average Bonchev–Trinajstić information content (AvgIpc) is 3.49. The van der Waals surface area contributed by atoms with Gasteiger partial charge in [0.2, 0.25) is 11.8 Å². The van der Waals surface area contributed by atoms with E-state index in [9.17, 15) is 4.79 Å². The lowest BCUT2D eigenvalue weighted by Crippen LogP contribution is -2.37. The number of rotatable bonds is 9. The minimum atomic E-state index is -0.561. The molecule has 188 valence electrons. The van der Waals surface area contributed by atoms with Gasteiger partial charge in [0.25, 0.3) is 0 Å². The smallest absolute Gasteiger partial charge is 0.407 e. The molecule has 0 aliphatic heterocycles. The van der Waals surface area contributed by atoms with Crippen LogP contribution < -0.4 is 20.1 Å². The van der Waals surface area contributed by atoms with Crippen LogP contribution in [-0.2, 0) is 4.74 Å². The van der Waals surface area contributed by atoms with E-state index in [4.69, 9.17) is 19.5 Å². The molecule has 3 aromatic heterocycles. The number of anilines is 2. The highest BCUT2D eigenvalue weighted by atomic mass is 16.6. The van der Waals surface area contributed by atoms with Gasteiger partial charge in [-0.05, 0) is 33.6 Å². The van der Waals surface area contributed by atoms with Crippen LogP contribution in [0.4, 0.5) is 16.4 Å². The number of ether oxygens (including phenoxy) is 3. The van der Waals surface area contributed by atoms with E-state index in [-0.39, 0.29) is 11.1 Å². The number of nitrogens with one attached hydrogen (secondary N) is 3. The van der Waals surface area contributed by atoms with Crippen LogP contribution in [0, 0.1) is 16.7 Å². The monoisotopic (exact) mass is 493 g/mol. The maximum absolute atomic E-state index is 12.0. The lowest BCUT2D eigenvalue weighted by molar-refractivity contribution is 0.0509. The summed E-state index contributed by atoms with van der Waals surface area (Å²) in [6, 6.07) is 3.65. The number of carbonyl (C=O) groups excluding carboxylic acids is 1. The highest BCUT2D eigenvalue weighted by Crippen LogP contribution is 2.46. The van der Waals surface area contributed by atoms with Crippen LogP contribution in [0.1, 0.15) is 39.3 Å². The predicted molar refractivity (Wildman–Crippen MR) is 128 cm³/mol. The Hall–Kier alpha value is -4.47. The molecule has 1 aliphatic carbocycles. The zero-order valence-corrected chi connectivity index (χ0v) is 20.5. The maximum Gasteiger partial charge on any atom is 0.407 e. The van der Waals surface area contributed by atoms with Crippen molar-refractivity contribution in [1.29, 1.82) is 5.26 Å². The number of carbonyl (C=O) groups is 1. The number of alkyl carbamates (subject to hydrolysis) is 1. The molecule has 36 heavy (non-hydrogen) atoms. The molecule has 4 rings (SSSR count). The molecule has 3 heterocycles. The molecule has 1 fully saturated rings. The van der Waals surface area contributed by atoms with Crippen molar-refractivity contribution in [1.82, 2.24) is 35.5 Å². The first kappa shape index (κ1) is 24.6. The van der Waals surface area contributed by atoms with Crippen LogP contribution >= 0.6 is 0 Å². The van der Waals surface area contributed by atoms with Crippen molar-refractivity contribution in [3.63, 3.8) is 0 Å². The van der Waals surface area contributed by atoms with Crippen LogP contribution in [0.5, 0.6) is 11.8 Å². The number of aromatic amines is 1. The Morgan fingerprint density at radius 3 is 2.58 bits per heavy atom. The third-order valence-electron chi connectivity index (χ3n) is 5.32. The first-order chi connectivity index (χ1) is 17.2. The van der Waals surface area contributed by atoms with E-state index in [2.05, 4.69) is 40.8 Å². The number of amides is 1. The second-order valence-electron chi connectivity index (χ2n) is 9.40. The number of hydrogen-bond donors (Lipinski definition) is 3. The van der Waals surface area contributed by atoms with Crippen molar-refractivity contribution in [2.24, 2.45) is 5.41 Å². The van der Waals surface area contributed by atoms with Gasteiger partial charge in [0.05, 0.1) is 31.8 Å². The van der Waals surface area contributed by atoms with Crippen molar-refractivity contribution in [2.45, 2.75) is 39.2 Å². The number of H-pyrrole nitrogens is 1. The van der Waals surface area contributed by atoms with Crippen molar-refractivity contribution >= 4 is 17.7 Å². The Balaban J connectivity index is 1.45. The van der Waals surface area contributed by atoms with Gasteiger partial charge >= 0.3 is 6.09 Å². The highest BCUT2D eigenvalue weighted by molar-refractivity contribution is 5.73. The summed E-state index contributed by atoms with van der Waals surface area (Å²) < 4.78 is 16.9. The van der Waals surface area contributed by atoms with E-state index in [1.165, 1.54) is 25.8 Å². The summed E-state index contributed by atoms with van der Waals surface area (Å²) in [4.78, 5) is 28.6. The Labute approximate surface area is 207 Å². The SMILES string of the molecule is COc1ncnc(OCC2(CNC(=O)OC(C)(C)C)CC2)c1-c1cc(Nc2cnc(C#N)cn2)n[nH]1. The fraction of sp³-hybridized carbons (Fsp3) is 0.435. The van der Waals surface area contributed by atoms with Crippen molar-refractivity contribution in [3.8, 4) is 29.1 Å². The fourth-order valence-corrected chi connectivity index (χ4v) is 3.29. The van der Waals surface area contributed by atoms with Crippen LogP contribution in [-0.4, -0.2) is 62.1 Å². The lowest BCUT2D eigenvalue weighted by atomic mass is 10.1. The Kier molecular flexibility index (Phi) is 6.86. The van der Waals surface area contributed by atoms with E-state index in [1.807, 2.05) is 26.8 Å². The second kappa shape index (κ2) is 10.0. The molecule has 1 saturated carbocycles. The fourth-order valence-electron chi connectivity index (χ4n) is 3.29. The molecule has 3 N–H and O–H groups in total. The highest BCUT2D eigenvalue weighted by Gasteiger charge is 2.44. The van der Waals surface area contributed by atoms with Crippen LogP contribution in [0.2, 0.25) is 0 Å². The van der Waals surface area contributed by atoms with Gasteiger partial charge in [0.15, 0.2) is 11.5 Å². The Morgan fingerprint density at radius 1 is 1.17 bits per heavy atom.